The van der Waals surface area contributed by atoms with Crippen LogP contribution in [-0.2, 0) is 19.1 Å². The molecule has 2 unspecified atom stereocenters. The highest BCUT2D eigenvalue weighted by Crippen LogP contribution is 2.45. The van der Waals surface area contributed by atoms with Crippen molar-refractivity contribution in [1.82, 2.24) is 5.32 Å². The van der Waals surface area contributed by atoms with Gasteiger partial charge in [-0.25, -0.2) is 4.79 Å². The molecule has 1 aliphatic carbocycles. The zero-order valence-electron chi connectivity index (χ0n) is 32.7. The fraction of sp³-hybridized carbons (Fsp3) is 0.951. The highest BCUT2D eigenvalue weighted by atomic mass is 16.7. The Morgan fingerprint density at radius 2 is 1.12 bits per heavy atom. The van der Waals surface area contributed by atoms with E-state index in [2.05, 4.69) is 19.2 Å². The fourth-order valence-corrected chi connectivity index (χ4v) is 7.57. The van der Waals surface area contributed by atoms with Crippen molar-refractivity contribution in [3.05, 3.63) is 0 Å². The maximum absolute atomic E-state index is 13.0. The second-order valence-electron chi connectivity index (χ2n) is 15.9. The molecule has 11 nitrogen and oxygen atoms in total. The molecule has 1 saturated heterocycles. The van der Waals surface area contributed by atoms with E-state index in [1.54, 1.807) is 0 Å². The average Bonchev–Trinajstić information content (AvgIpc) is 3.88. The first kappa shape index (κ1) is 46.8. The Morgan fingerprint density at radius 1 is 0.654 bits per heavy atom. The Kier molecular flexibility index (Phi) is 25.3. The van der Waals surface area contributed by atoms with Crippen LogP contribution in [0.15, 0.2) is 0 Å². The molecule has 11 heteroatoms. The first-order chi connectivity index (χ1) is 25.1. The minimum Gasteiger partial charge on any atom is -0.479 e. The molecule has 2 fully saturated rings. The number of ether oxygens (including phenoxy) is 2. The molecule has 0 aromatic carbocycles. The number of nitrogens with one attached hydrogen (secondary N) is 1. The topological polar surface area (TPSA) is 186 Å². The Hall–Kier alpha value is -1.34. The largest absolute Gasteiger partial charge is 0.479 e. The van der Waals surface area contributed by atoms with Crippen LogP contribution in [-0.4, -0.2) is 98.1 Å². The second kappa shape index (κ2) is 28.1. The van der Waals surface area contributed by atoms with Gasteiger partial charge in [0, 0.05) is 0 Å². The second-order valence-corrected chi connectivity index (χ2v) is 15.9. The average molecular weight is 744 g/mol. The van der Waals surface area contributed by atoms with Crippen molar-refractivity contribution in [2.75, 3.05) is 6.61 Å². The lowest BCUT2D eigenvalue weighted by atomic mass is 9.99. The molecule has 7 N–H and O–H groups in total. The van der Waals surface area contributed by atoms with Crippen LogP contribution in [0.5, 0.6) is 0 Å². The van der Waals surface area contributed by atoms with Crippen molar-refractivity contribution in [1.29, 1.82) is 0 Å². The summed E-state index contributed by atoms with van der Waals surface area (Å²) in [5, 5.41) is 64.3. The highest BCUT2D eigenvalue weighted by molar-refractivity contribution is 5.80. The summed E-state index contributed by atoms with van der Waals surface area (Å²) in [5.41, 5.74) is 0. The highest BCUT2D eigenvalue weighted by Gasteiger charge is 2.47. The number of hydrogen-bond donors (Lipinski definition) is 7. The third-order valence-corrected chi connectivity index (χ3v) is 11.3. The summed E-state index contributed by atoms with van der Waals surface area (Å²) in [6, 6.07) is -0.976. The van der Waals surface area contributed by atoms with Crippen LogP contribution in [0.25, 0.3) is 0 Å². The molecule has 1 saturated carbocycles. The van der Waals surface area contributed by atoms with E-state index in [1.165, 1.54) is 103 Å². The van der Waals surface area contributed by atoms with E-state index in [0.29, 0.717) is 19.3 Å². The lowest BCUT2D eigenvalue weighted by molar-refractivity contribution is -0.295. The van der Waals surface area contributed by atoms with E-state index in [9.17, 15) is 40.2 Å². The minimum absolute atomic E-state index is 0.293. The molecule has 52 heavy (non-hydrogen) atoms. The van der Waals surface area contributed by atoms with Crippen molar-refractivity contribution in [2.24, 2.45) is 11.8 Å². The van der Waals surface area contributed by atoms with Crippen molar-refractivity contribution in [3.63, 3.8) is 0 Å². The lowest BCUT2D eigenvalue weighted by Gasteiger charge is -2.39. The summed E-state index contributed by atoms with van der Waals surface area (Å²) in [7, 11) is 0. The molecule has 0 aromatic heterocycles. The summed E-state index contributed by atoms with van der Waals surface area (Å²) in [6.07, 6.45) is 18.2. The molecule has 0 aromatic rings. The number of carboxylic acids is 1. The molecule has 0 bridgehead atoms. The summed E-state index contributed by atoms with van der Waals surface area (Å²) >= 11 is 0. The van der Waals surface area contributed by atoms with Gasteiger partial charge in [0.1, 0.15) is 24.4 Å². The predicted molar refractivity (Wildman–Crippen MR) is 203 cm³/mol. The number of carboxylic acid groups (broad SMARTS) is 1. The zero-order valence-corrected chi connectivity index (χ0v) is 32.7. The van der Waals surface area contributed by atoms with Crippen LogP contribution in [0.3, 0.4) is 0 Å². The quantitative estimate of drug-likeness (QED) is 0.0365. The number of aliphatic hydroxyl groups excluding tert-OH is 5. The van der Waals surface area contributed by atoms with Gasteiger partial charge < -0.3 is 45.4 Å². The van der Waals surface area contributed by atoms with Crippen LogP contribution >= 0.6 is 0 Å². The van der Waals surface area contributed by atoms with Crippen molar-refractivity contribution >= 4 is 11.9 Å². The zero-order chi connectivity index (χ0) is 38.1. The molecule has 10 atom stereocenters. The van der Waals surface area contributed by atoms with E-state index in [4.69, 9.17) is 9.47 Å². The molecular weight excluding hydrogens is 666 g/mol. The molecule has 2 aliphatic rings. The molecule has 1 amide bonds. The van der Waals surface area contributed by atoms with Crippen LogP contribution in [0, 0.1) is 11.8 Å². The van der Waals surface area contributed by atoms with E-state index < -0.39 is 60.8 Å². The molecule has 1 heterocycles. The van der Waals surface area contributed by atoms with E-state index in [-0.39, 0.29) is 6.61 Å². The number of aliphatic hydroxyl groups is 5. The Bertz CT molecular complexity index is 924. The maximum atomic E-state index is 13.0. The van der Waals surface area contributed by atoms with E-state index in [0.717, 1.165) is 56.8 Å². The molecule has 306 valence electrons. The molecule has 1 aliphatic heterocycles. The summed E-state index contributed by atoms with van der Waals surface area (Å²) in [5.74, 6) is -0.223. The van der Waals surface area contributed by atoms with Gasteiger partial charge in [-0.05, 0) is 31.1 Å². The van der Waals surface area contributed by atoms with Gasteiger partial charge in [-0.15, -0.1) is 0 Å². The predicted octanol–water partition coefficient (Wildman–Crippen LogP) is 6.53. The van der Waals surface area contributed by atoms with Gasteiger partial charge in [-0.3, -0.25) is 4.79 Å². The van der Waals surface area contributed by atoms with Gasteiger partial charge in [0.25, 0.3) is 0 Å². The first-order valence-corrected chi connectivity index (χ1v) is 21.3. The number of unbranched alkanes of at least 4 members (excludes halogenated alkanes) is 18. The SMILES string of the molecule is CCCCCCCCCCCC[C@@H](O)C(=O)N[C@@H](CO[C@H]1O[C@H](C(=O)O)[C@@H](O)[C@H](O)[C@H]1O)[C@H](O)CCCCCCCCCC1CC1CCCCCC. The van der Waals surface area contributed by atoms with E-state index >= 15 is 0 Å². The Morgan fingerprint density at radius 3 is 1.63 bits per heavy atom. The maximum Gasteiger partial charge on any atom is 0.335 e. The smallest absolute Gasteiger partial charge is 0.335 e. The van der Waals surface area contributed by atoms with Crippen molar-refractivity contribution in [2.45, 2.75) is 230 Å². The van der Waals surface area contributed by atoms with Gasteiger partial charge in [-0.1, -0.05) is 162 Å². The van der Waals surface area contributed by atoms with E-state index in [1.807, 2.05) is 0 Å². The molecule has 2 rings (SSSR count). The number of rotatable bonds is 33. The van der Waals surface area contributed by atoms with Crippen LogP contribution < -0.4 is 5.32 Å². The summed E-state index contributed by atoms with van der Waals surface area (Å²) < 4.78 is 10.8. The van der Waals surface area contributed by atoms with Crippen molar-refractivity contribution in [3.8, 4) is 0 Å². The summed E-state index contributed by atoms with van der Waals surface area (Å²) in [4.78, 5) is 24.5. The van der Waals surface area contributed by atoms with Crippen LogP contribution in [0.2, 0.25) is 0 Å². The Balaban J connectivity index is 1.73. The number of amides is 1. The van der Waals surface area contributed by atoms with Gasteiger partial charge in [0.15, 0.2) is 12.4 Å². The van der Waals surface area contributed by atoms with Gasteiger partial charge in [0.05, 0.1) is 18.8 Å². The van der Waals surface area contributed by atoms with Crippen LogP contribution in [0.1, 0.15) is 181 Å². The van der Waals surface area contributed by atoms with Gasteiger partial charge >= 0.3 is 5.97 Å². The van der Waals surface area contributed by atoms with Crippen LogP contribution in [0.4, 0.5) is 0 Å². The minimum atomic E-state index is -1.86. The molecule has 0 radical (unpaired) electrons. The third kappa shape index (κ3) is 19.3. The van der Waals surface area contributed by atoms with Gasteiger partial charge in [-0.2, -0.15) is 0 Å². The third-order valence-electron chi connectivity index (χ3n) is 11.3. The number of hydrogen-bond acceptors (Lipinski definition) is 9. The first-order valence-electron chi connectivity index (χ1n) is 21.3. The monoisotopic (exact) mass is 744 g/mol. The lowest BCUT2D eigenvalue weighted by Crippen LogP contribution is -2.61. The standard InChI is InChI=1S/C41H77NO10/c1-3-5-7-9-10-11-12-15-19-23-27-34(44)39(48)42-32(29-51-41-37(47)35(45)36(46)38(52-41)40(49)50)33(43)26-22-18-16-13-14-17-21-25-31-28-30(31)24-20-8-6-4-2/h30-38,41,43-47H,3-29H2,1-2H3,(H,42,48)(H,49,50)/t30?,31?,32-,33+,34+,35-,36-,37+,38-,41-/m0/s1. The number of aliphatic carboxylic acids is 1. The molecular formula is C41H77NO10. The summed E-state index contributed by atoms with van der Waals surface area (Å²) in [6.45, 7) is 4.10. The molecule has 0 spiro atoms. The normalized spacial score (nSPS) is 26.2. The van der Waals surface area contributed by atoms with Crippen molar-refractivity contribution < 1.29 is 49.7 Å². The number of carbonyl (C=O) groups excluding carboxylic acids is 1. The van der Waals surface area contributed by atoms with Gasteiger partial charge in [0.2, 0.25) is 5.91 Å². The number of carbonyl (C=O) groups is 2. The Labute approximate surface area is 314 Å². The fourth-order valence-electron chi connectivity index (χ4n) is 7.57.